The number of benzene rings is 2. The molecule has 2 nitrogen and oxygen atoms in total. The highest BCUT2D eigenvalue weighted by atomic mass is 35.5. The van der Waals surface area contributed by atoms with Crippen molar-refractivity contribution in [3.63, 3.8) is 0 Å². The molecule has 0 aliphatic heterocycles. The van der Waals surface area contributed by atoms with Gasteiger partial charge in [-0.15, -0.1) is 0 Å². The lowest BCUT2D eigenvalue weighted by Gasteiger charge is -2.10. The monoisotopic (exact) mass is 284 g/mol. The van der Waals surface area contributed by atoms with Crippen molar-refractivity contribution >= 4 is 11.6 Å². The maximum atomic E-state index is 13.7. The summed E-state index contributed by atoms with van der Waals surface area (Å²) in [7, 11) is 0. The summed E-state index contributed by atoms with van der Waals surface area (Å²) >= 11 is 5.54. The van der Waals surface area contributed by atoms with Crippen LogP contribution in [0.3, 0.4) is 0 Å². The summed E-state index contributed by atoms with van der Waals surface area (Å²) in [5, 5.41) is 9.29. The van der Waals surface area contributed by atoms with E-state index in [9.17, 15) is 13.9 Å². The zero-order valence-corrected chi connectivity index (χ0v) is 10.8. The second-order valence-corrected chi connectivity index (χ2v) is 4.45. The molecule has 0 aliphatic rings. The molecule has 0 aliphatic carbocycles. The van der Waals surface area contributed by atoms with Gasteiger partial charge < -0.3 is 9.84 Å². The standard InChI is InChI=1S/C14H11ClF2O2/c1-8(18)9-2-5-14(13(17)6-9)19-10-3-4-11(15)12(16)7-10/h2-8,18H,1H3/t8-/m0/s1. The first kappa shape index (κ1) is 13.8. The molecule has 0 bridgehead atoms. The Hall–Kier alpha value is -1.65. The fraction of sp³-hybridized carbons (Fsp3) is 0.143. The van der Waals surface area contributed by atoms with E-state index >= 15 is 0 Å². The second kappa shape index (κ2) is 5.55. The smallest absolute Gasteiger partial charge is 0.166 e. The summed E-state index contributed by atoms with van der Waals surface area (Å²) in [5.41, 5.74) is 0.437. The van der Waals surface area contributed by atoms with Crippen molar-refractivity contribution in [3.05, 3.63) is 58.6 Å². The van der Waals surface area contributed by atoms with Gasteiger partial charge in [0.05, 0.1) is 11.1 Å². The van der Waals surface area contributed by atoms with E-state index in [1.165, 1.54) is 37.3 Å². The molecule has 5 heteroatoms. The van der Waals surface area contributed by atoms with Gasteiger partial charge in [0.2, 0.25) is 0 Å². The lowest BCUT2D eigenvalue weighted by Crippen LogP contribution is -1.94. The van der Waals surface area contributed by atoms with Crippen LogP contribution in [-0.2, 0) is 0 Å². The topological polar surface area (TPSA) is 29.5 Å². The average Bonchev–Trinajstić information content (AvgIpc) is 2.36. The number of aliphatic hydroxyl groups excluding tert-OH is 1. The maximum Gasteiger partial charge on any atom is 0.166 e. The highest BCUT2D eigenvalue weighted by Gasteiger charge is 2.10. The largest absolute Gasteiger partial charge is 0.454 e. The molecule has 0 spiro atoms. The number of hydrogen-bond acceptors (Lipinski definition) is 2. The lowest BCUT2D eigenvalue weighted by atomic mass is 10.1. The normalized spacial score (nSPS) is 12.3. The van der Waals surface area contributed by atoms with E-state index in [1.807, 2.05) is 0 Å². The molecule has 0 radical (unpaired) electrons. The zero-order valence-electron chi connectivity index (χ0n) is 10.0. The van der Waals surface area contributed by atoms with Gasteiger partial charge in [-0.2, -0.15) is 0 Å². The van der Waals surface area contributed by atoms with Gasteiger partial charge in [0.25, 0.3) is 0 Å². The molecule has 100 valence electrons. The minimum Gasteiger partial charge on any atom is -0.454 e. The predicted octanol–water partition coefficient (Wildman–Crippen LogP) is 4.46. The van der Waals surface area contributed by atoms with Gasteiger partial charge >= 0.3 is 0 Å². The number of hydrogen-bond donors (Lipinski definition) is 1. The van der Waals surface area contributed by atoms with E-state index in [1.54, 1.807) is 0 Å². The Morgan fingerprint density at radius 2 is 1.84 bits per heavy atom. The third-order valence-corrected chi connectivity index (χ3v) is 2.86. The number of ether oxygens (including phenoxy) is 1. The van der Waals surface area contributed by atoms with Crippen molar-refractivity contribution in [2.45, 2.75) is 13.0 Å². The van der Waals surface area contributed by atoms with Gasteiger partial charge in [0, 0.05) is 6.07 Å². The van der Waals surface area contributed by atoms with Crippen LogP contribution < -0.4 is 4.74 Å². The van der Waals surface area contributed by atoms with Crippen LogP contribution in [0, 0.1) is 11.6 Å². The summed E-state index contributed by atoms with van der Waals surface area (Å²) in [6, 6.07) is 7.93. The van der Waals surface area contributed by atoms with Crippen LogP contribution in [0.25, 0.3) is 0 Å². The summed E-state index contributed by atoms with van der Waals surface area (Å²) in [4.78, 5) is 0. The van der Waals surface area contributed by atoms with Crippen LogP contribution >= 0.6 is 11.6 Å². The van der Waals surface area contributed by atoms with Crippen LogP contribution in [-0.4, -0.2) is 5.11 Å². The zero-order chi connectivity index (χ0) is 14.0. The van der Waals surface area contributed by atoms with Crippen LogP contribution in [0.4, 0.5) is 8.78 Å². The minimum atomic E-state index is -0.767. The van der Waals surface area contributed by atoms with Crippen molar-refractivity contribution in [3.8, 4) is 11.5 Å². The summed E-state index contributed by atoms with van der Waals surface area (Å²) < 4.78 is 32.2. The predicted molar refractivity (Wildman–Crippen MR) is 68.5 cm³/mol. The molecule has 0 unspecified atom stereocenters. The quantitative estimate of drug-likeness (QED) is 0.901. The van der Waals surface area contributed by atoms with Gasteiger partial charge in [-0.05, 0) is 36.8 Å². The van der Waals surface area contributed by atoms with Gasteiger partial charge in [-0.25, -0.2) is 8.78 Å². The molecular formula is C14H11ClF2O2. The van der Waals surface area contributed by atoms with E-state index in [0.29, 0.717) is 5.56 Å². The molecule has 2 aromatic rings. The van der Waals surface area contributed by atoms with Crippen molar-refractivity contribution in [2.75, 3.05) is 0 Å². The lowest BCUT2D eigenvalue weighted by molar-refractivity contribution is 0.198. The molecular weight excluding hydrogens is 274 g/mol. The number of rotatable bonds is 3. The highest BCUT2D eigenvalue weighted by molar-refractivity contribution is 6.30. The summed E-state index contributed by atoms with van der Waals surface area (Å²) in [6.07, 6.45) is -0.767. The third kappa shape index (κ3) is 3.22. The van der Waals surface area contributed by atoms with E-state index in [2.05, 4.69) is 0 Å². The highest BCUT2D eigenvalue weighted by Crippen LogP contribution is 2.28. The minimum absolute atomic E-state index is 0.0303. The van der Waals surface area contributed by atoms with Crippen molar-refractivity contribution in [2.24, 2.45) is 0 Å². The Balaban J connectivity index is 2.25. The fourth-order valence-electron chi connectivity index (χ4n) is 1.53. The Labute approximate surface area is 114 Å². The van der Waals surface area contributed by atoms with Crippen molar-refractivity contribution < 1.29 is 18.6 Å². The van der Waals surface area contributed by atoms with Crippen LogP contribution in [0.15, 0.2) is 36.4 Å². The maximum absolute atomic E-state index is 13.7. The average molecular weight is 285 g/mol. The molecule has 0 heterocycles. The molecule has 19 heavy (non-hydrogen) atoms. The Kier molecular flexibility index (Phi) is 4.02. The molecule has 1 N–H and O–H groups in total. The van der Waals surface area contributed by atoms with Gasteiger partial charge in [0.1, 0.15) is 11.6 Å². The molecule has 0 amide bonds. The fourth-order valence-corrected chi connectivity index (χ4v) is 1.64. The second-order valence-electron chi connectivity index (χ2n) is 4.04. The van der Waals surface area contributed by atoms with E-state index in [-0.39, 0.29) is 16.5 Å². The summed E-state index contributed by atoms with van der Waals surface area (Å²) in [6.45, 7) is 1.53. The van der Waals surface area contributed by atoms with Gasteiger partial charge in [-0.1, -0.05) is 17.7 Å². The Morgan fingerprint density at radius 1 is 1.11 bits per heavy atom. The van der Waals surface area contributed by atoms with Gasteiger partial charge in [-0.3, -0.25) is 0 Å². The van der Waals surface area contributed by atoms with Crippen LogP contribution in [0.1, 0.15) is 18.6 Å². The van der Waals surface area contributed by atoms with Gasteiger partial charge in [0.15, 0.2) is 11.6 Å². The molecule has 0 saturated heterocycles. The van der Waals surface area contributed by atoms with E-state index in [0.717, 1.165) is 6.07 Å². The number of halogens is 3. The van der Waals surface area contributed by atoms with E-state index < -0.39 is 17.7 Å². The first-order valence-corrected chi connectivity index (χ1v) is 5.95. The SMILES string of the molecule is C[C@H](O)c1ccc(Oc2ccc(Cl)c(F)c2)c(F)c1. The van der Waals surface area contributed by atoms with Crippen LogP contribution in [0.5, 0.6) is 11.5 Å². The van der Waals surface area contributed by atoms with E-state index in [4.69, 9.17) is 16.3 Å². The third-order valence-electron chi connectivity index (χ3n) is 2.56. The van der Waals surface area contributed by atoms with Crippen LogP contribution in [0.2, 0.25) is 5.02 Å². The number of aliphatic hydroxyl groups is 1. The first-order valence-electron chi connectivity index (χ1n) is 5.58. The molecule has 0 saturated carbocycles. The molecule has 0 fully saturated rings. The Morgan fingerprint density at radius 3 is 2.42 bits per heavy atom. The van der Waals surface area contributed by atoms with Crippen molar-refractivity contribution in [1.82, 2.24) is 0 Å². The molecule has 0 aromatic heterocycles. The summed E-state index contributed by atoms with van der Waals surface area (Å²) in [5.74, 6) is -1.18. The molecule has 1 atom stereocenters. The Bertz CT molecular complexity index is 600. The van der Waals surface area contributed by atoms with Crippen molar-refractivity contribution in [1.29, 1.82) is 0 Å². The molecule has 2 rings (SSSR count). The molecule has 2 aromatic carbocycles. The first-order chi connectivity index (χ1) is 8.97.